The number of aromatic nitrogens is 2. The Kier molecular flexibility index (Phi) is 6.69. The summed E-state index contributed by atoms with van der Waals surface area (Å²) in [5, 5.41) is 9.29. The second-order valence-electron chi connectivity index (χ2n) is 7.19. The number of benzene rings is 2. The zero-order valence-corrected chi connectivity index (χ0v) is 19.1. The fourth-order valence-corrected chi connectivity index (χ4v) is 4.30. The van der Waals surface area contributed by atoms with Gasteiger partial charge in [0.1, 0.15) is 16.6 Å². The minimum atomic E-state index is -0.684. The Morgan fingerprint density at radius 2 is 1.82 bits per heavy atom. The largest absolute Gasteiger partial charge is 0.497 e. The van der Waals surface area contributed by atoms with Crippen molar-refractivity contribution in [3.63, 3.8) is 0 Å². The van der Waals surface area contributed by atoms with E-state index in [-0.39, 0.29) is 40.4 Å². The number of carbonyl (C=O) groups is 2. The normalized spacial score (nSPS) is 10.8. The minimum absolute atomic E-state index is 0.0117. The molecule has 2 heterocycles. The summed E-state index contributed by atoms with van der Waals surface area (Å²) in [6.07, 6.45) is -0.0117. The molecule has 0 aliphatic rings. The number of ether oxygens (including phenoxy) is 2. The summed E-state index contributed by atoms with van der Waals surface area (Å²) in [5.41, 5.74) is 0.478. The van der Waals surface area contributed by atoms with E-state index in [1.165, 1.54) is 31.4 Å². The van der Waals surface area contributed by atoms with Crippen LogP contribution in [0, 0.1) is 5.82 Å². The van der Waals surface area contributed by atoms with Crippen LogP contribution in [-0.2, 0) is 16.0 Å². The summed E-state index contributed by atoms with van der Waals surface area (Å²) in [6, 6.07) is 12.2. The highest BCUT2D eigenvalue weighted by atomic mass is 32.1. The zero-order chi connectivity index (χ0) is 24.2. The Labute approximate surface area is 197 Å². The first-order valence-electron chi connectivity index (χ1n) is 10.3. The molecule has 0 aliphatic carbocycles. The third-order valence-electron chi connectivity index (χ3n) is 4.97. The van der Waals surface area contributed by atoms with Crippen LogP contribution >= 0.6 is 11.3 Å². The van der Waals surface area contributed by atoms with Crippen LogP contribution in [0.4, 0.5) is 9.39 Å². The SMILES string of the molecule is CCOC(=O)c1nn(-c2ccc(OC)cc2)c(=O)c2c(NC(=O)Cc3ccc(F)cc3)scc12. The Hall–Kier alpha value is -4.05. The molecule has 0 saturated heterocycles. The lowest BCUT2D eigenvalue weighted by atomic mass is 10.1. The number of halogens is 1. The van der Waals surface area contributed by atoms with Crippen LogP contribution in [0.3, 0.4) is 0 Å². The lowest BCUT2D eigenvalue weighted by molar-refractivity contribution is -0.115. The monoisotopic (exact) mass is 481 g/mol. The van der Waals surface area contributed by atoms with E-state index >= 15 is 0 Å². The molecule has 0 fully saturated rings. The Morgan fingerprint density at radius 1 is 1.12 bits per heavy atom. The molecule has 34 heavy (non-hydrogen) atoms. The summed E-state index contributed by atoms with van der Waals surface area (Å²) < 4.78 is 24.5. The van der Waals surface area contributed by atoms with Crippen molar-refractivity contribution in [2.45, 2.75) is 13.3 Å². The summed E-state index contributed by atoms with van der Waals surface area (Å²) in [6.45, 7) is 1.80. The average Bonchev–Trinajstić information content (AvgIpc) is 3.25. The van der Waals surface area contributed by atoms with Crippen LogP contribution in [0.1, 0.15) is 23.0 Å². The molecule has 0 saturated carbocycles. The number of fused-ring (bicyclic) bond motifs is 1. The molecule has 1 N–H and O–H groups in total. The van der Waals surface area contributed by atoms with E-state index in [4.69, 9.17) is 9.47 Å². The Morgan fingerprint density at radius 3 is 2.47 bits per heavy atom. The van der Waals surface area contributed by atoms with Gasteiger partial charge in [-0.25, -0.2) is 9.18 Å². The van der Waals surface area contributed by atoms with Gasteiger partial charge in [-0.05, 0) is 48.9 Å². The molecule has 174 valence electrons. The molecule has 4 aromatic rings. The number of methoxy groups -OCH3 is 1. The summed E-state index contributed by atoms with van der Waals surface area (Å²) >= 11 is 1.10. The first-order valence-corrected chi connectivity index (χ1v) is 11.2. The van der Waals surface area contributed by atoms with Gasteiger partial charge in [0, 0.05) is 10.8 Å². The van der Waals surface area contributed by atoms with Crippen molar-refractivity contribution in [1.82, 2.24) is 9.78 Å². The molecule has 2 aromatic carbocycles. The first-order chi connectivity index (χ1) is 16.4. The van der Waals surface area contributed by atoms with E-state index in [0.717, 1.165) is 16.0 Å². The maximum atomic E-state index is 13.4. The minimum Gasteiger partial charge on any atom is -0.497 e. The van der Waals surface area contributed by atoms with Crippen molar-refractivity contribution < 1.29 is 23.5 Å². The Bertz CT molecular complexity index is 1410. The predicted octanol–water partition coefficient (Wildman–Crippen LogP) is 3.95. The fraction of sp³-hybridized carbons (Fsp3) is 0.167. The van der Waals surface area contributed by atoms with Crippen LogP contribution < -0.4 is 15.6 Å². The lowest BCUT2D eigenvalue weighted by Crippen LogP contribution is -2.25. The summed E-state index contributed by atoms with van der Waals surface area (Å²) in [4.78, 5) is 38.7. The van der Waals surface area contributed by atoms with Crippen molar-refractivity contribution in [3.8, 4) is 11.4 Å². The number of esters is 1. The smallest absolute Gasteiger partial charge is 0.359 e. The van der Waals surface area contributed by atoms with Crippen LogP contribution in [0.25, 0.3) is 16.5 Å². The first kappa shape index (κ1) is 23.1. The number of nitrogens with zero attached hydrogens (tertiary/aromatic N) is 2. The second kappa shape index (κ2) is 9.84. The van der Waals surface area contributed by atoms with Crippen LogP contribution in [0.15, 0.2) is 58.7 Å². The van der Waals surface area contributed by atoms with Crippen LogP contribution in [0.2, 0.25) is 0 Å². The molecule has 10 heteroatoms. The van der Waals surface area contributed by atoms with E-state index in [9.17, 15) is 18.8 Å². The van der Waals surface area contributed by atoms with E-state index < -0.39 is 17.3 Å². The molecule has 0 radical (unpaired) electrons. The number of nitrogens with one attached hydrogen (secondary N) is 1. The standard InChI is InChI=1S/C24H20FN3O5S/c1-3-33-24(31)21-18-13-34-22(26-19(29)12-14-4-6-15(25)7-5-14)20(18)23(30)28(27-21)16-8-10-17(32-2)11-9-16/h4-11,13H,3,12H2,1-2H3,(H,26,29). The third kappa shape index (κ3) is 4.67. The topological polar surface area (TPSA) is 99.5 Å². The van der Waals surface area contributed by atoms with Gasteiger partial charge in [-0.15, -0.1) is 11.3 Å². The average molecular weight is 482 g/mol. The predicted molar refractivity (Wildman–Crippen MR) is 126 cm³/mol. The van der Waals surface area contributed by atoms with Crippen LogP contribution in [0.5, 0.6) is 5.75 Å². The van der Waals surface area contributed by atoms with Gasteiger partial charge >= 0.3 is 5.97 Å². The van der Waals surface area contributed by atoms with Crippen molar-refractivity contribution >= 4 is 39.0 Å². The molecule has 4 rings (SSSR count). The molecule has 0 spiro atoms. The van der Waals surface area contributed by atoms with E-state index in [0.29, 0.717) is 17.0 Å². The van der Waals surface area contributed by atoms with Crippen LogP contribution in [-0.4, -0.2) is 35.4 Å². The zero-order valence-electron chi connectivity index (χ0n) is 18.3. The highest BCUT2D eigenvalue weighted by molar-refractivity contribution is 7.16. The van der Waals surface area contributed by atoms with Gasteiger partial charge in [0.25, 0.3) is 5.56 Å². The highest BCUT2D eigenvalue weighted by Crippen LogP contribution is 2.31. The number of anilines is 1. The molecular formula is C24H20FN3O5S. The number of rotatable bonds is 7. The molecule has 0 unspecified atom stereocenters. The van der Waals surface area contributed by atoms with Gasteiger partial charge in [0.15, 0.2) is 5.69 Å². The number of hydrogen-bond donors (Lipinski definition) is 1. The van der Waals surface area contributed by atoms with E-state index in [2.05, 4.69) is 10.4 Å². The van der Waals surface area contributed by atoms with Crippen molar-refractivity contribution in [2.75, 3.05) is 19.0 Å². The van der Waals surface area contributed by atoms with Crippen molar-refractivity contribution in [2.24, 2.45) is 0 Å². The van der Waals surface area contributed by atoms with Gasteiger partial charge < -0.3 is 14.8 Å². The summed E-state index contributed by atoms with van der Waals surface area (Å²) in [7, 11) is 1.52. The second-order valence-corrected chi connectivity index (χ2v) is 8.07. The van der Waals surface area contributed by atoms with Gasteiger partial charge in [-0.1, -0.05) is 12.1 Å². The molecular weight excluding hydrogens is 461 g/mol. The molecule has 8 nitrogen and oxygen atoms in total. The van der Waals surface area contributed by atoms with Gasteiger partial charge in [-0.2, -0.15) is 9.78 Å². The lowest BCUT2D eigenvalue weighted by Gasteiger charge is -2.10. The fourth-order valence-electron chi connectivity index (χ4n) is 3.35. The molecule has 1 amide bonds. The quantitative estimate of drug-likeness (QED) is 0.401. The van der Waals surface area contributed by atoms with Gasteiger partial charge in [0.05, 0.1) is 31.2 Å². The summed E-state index contributed by atoms with van der Waals surface area (Å²) in [5.74, 6) is -0.878. The van der Waals surface area contributed by atoms with E-state index in [1.54, 1.807) is 36.6 Å². The van der Waals surface area contributed by atoms with Gasteiger partial charge in [-0.3, -0.25) is 9.59 Å². The van der Waals surface area contributed by atoms with Crippen molar-refractivity contribution in [1.29, 1.82) is 0 Å². The van der Waals surface area contributed by atoms with Gasteiger partial charge in [0.2, 0.25) is 5.91 Å². The third-order valence-corrected chi connectivity index (χ3v) is 5.86. The maximum absolute atomic E-state index is 13.4. The van der Waals surface area contributed by atoms with Crippen molar-refractivity contribution in [3.05, 3.63) is 81.3 Å². The number of amides is 1. The molecule has 0 bridgehead atoms. The molecule has 2 aromatic heterocycles. The molecule has 0 aliphatic heterocycles. The molecule has 0 atom stereocenters. The highest BCUT2D eigenvalue weighted by Gasteiger charge is 2.23. The number of hydrogen-bond acceptors (Lipinski definition) is 7. The number of carbonyl (C=O) groups excluding carboxylic acids is 2. The number of thiophene rings is 1. The maximum Gasteiger partial charge on any atom is 0.359 e. The van der Waals surface area contributed by atoms with E-state index in [1.807, 2.05) is 0 Å². The Balaban J connectivity index is 1.78.